The second-order valence-electron chi connectivity index (χ2n) is 2.95. The van der Waals surface area contributed by atoms with E-state index in [4.69, 9.17) is 23.4 Å². The van der Waals surface area contributed by atoms with E-state index in [1.54, 1.807) is 0 Å². The maximum absolute atomic E-state index is 10.8. The van der Waals surface area contributed by atoms with Gasteiger partial charge in [-0.15, -0.1) is 0 Å². The molecule has 2 nitrogen and oxygen atoms in total. The Morgan fingerprint density at radius 3 is 2.64 bits per heavy atom. The zero-order chi connectivity index (χ0) is 10.6. The first-order valence-electron chi connectivity index (χ1n) is 4.28. The van der Waals surface area contributed by atoms with Crippen LogP contribution in [-0.2, 0) is 11.2 Å². The molecule has 1 aromatic carbocycles. The van der Waals surface area contributed by atoms with Crippen molar-refractivity contribution in [2.45, 2.75) is 13.3 Å². The monoisotopic (exact) mass is 231 g/mol. The van der Waals surface area contributed by atoms with Gasteiger partial charge in [-0.2, -0.15) is 0 Å². The molecular weight excluding hydrogens is 221 g/mol. The van der Waals surface area contributed by atoms with E-state index in [9.17, 15) is 4.79 Å². The van der Waals surface area contributed by atoms with E-state index in [0.29, 0.717) is 18.0 Å². The maximum Gasteiger partial charge on any atom is 0.233 e. The van der Waals surface area contributed by atoms with Crippen molar-refractivity contribution in [2.24, 2.45) is 0 Å². The fourth-order valence-electron chi connectivity index (χ4n) is 1.08. The summed E-state index contributed by atoms with van der Waals surface area (Å²) in [6, 6.07) is 7.53. The van der Waals surface area contributed by atoms with E-state index >= 15 is 0 Å². The minimum absolute atomic E-state index is 0.154. The number of benzene rings is 1. The van der Waals surface area contributed by atoms with E-state index in [0.717, 1.165) is 9.98 Å². The fourth-order valence-corrected chi connectivity index (χ4v) is 1.39. The molecule has 1 aromatic rings. The van der Waals surface area contributed by atoms with Crippen LogP contribution in [0.1, 0.15) is 12.5 Å². The second-order valence-corrected chi connectivity index (χ2v) is 3.76. The Kier molecular flexibility index (Phi) is 4.23. The summed E-state index contributed by atoms with van der Waals surface area (Å²) in [5.74, 6) is -0.154. The molecule has 0 radical (unpaired) electrons. The van der Waals surface area contributed by atoms with Gasteiger partial charge in [-0.05, 0) is 18.1 Å². The van der Waals surface area contributed by atoms with Crippen LogP contribution < -0.4 is 0 Å². The van der Waals surface area contributed by atoms with Gasteiger partial charge in [0.2, 0.25) is 5.91 Å². The Balaban J connectivity index is 2.54. The van der Waals surface area contributed by atoms with Gasteiger partial charge in [0.15, 0.2) is 0 Å². The maximum atomic E-state index is 10.8. The van der Waals surface area contributed by atoms with Crippen LogP contribution in [0.15, 0.2) is 24.3 Å². The van der Waals surface area contributed by atoms with Crippen molar-refractivity contribution in [3.8, 4) is 0 Å². The highest BCUT2D eigenvalue weighted by molar-refractivity contribution is 6.31. The van der Waals surface area contributed by atoms with E-state index in [1.165, 1.54) is 6.92 Å². The van der Waals surface area contributed by atoms with Gasteiger partial charge in [-0.3, -0.25) is 9.21 Å². The fraction of sp³-hybridized carbons (Fsp3) is 0.300. The minimum atomic E-state index is -0.154. The Morgan fingerprint density at radius 2 is 2.07 bits per heavy atom. The lowest BCUT2D eigenvalue weighted by atomic mass is 10.1. The normalized spacial score (nSPS) is 9.93. The average Bonchev–Trinajstić information content (AvgIpc) is 2.16. The van der Waals surface area contributed by atoms with Gasteiger partial charge in [0.1, 0.15) is 0 Å². The third kappa shape index (κ3) is 3.20. The number of nitrogens with zero attached hydrogens (tertiary/aromatic N) is 1. The van der Waals surface area contributed by atoms with Gasteiger partial charge in [0.05, 0.1) is 0 Å². The summed E-state index contributed by atoms with van der Waals surface area (Å²) in [4.78, 5) is 10.8. The Bertz CT molecular complexity index is 328. The highest BCUT2D eigenvalue weighted by atomic mass is 35.5. The first kappa shape index (κ1) is 11.3. The number of halogens is 2. The van der Waals surface area contributed by atoms with Crippen LogP contribution in [-0.4, -0.2) is 16.9 Å². The molecule has 1 amide bonds. The van der Waals surface area contributed by atoms with Crippen LogP contribution in [0, 0.1) is 0 Å². The molecule has 0 heterocycles. The van der Waals surface area contributed by atoms with Crippen molar-refractivity contribution in [2.75, 3.05) is 6.54 Å². The predicted octanol–water partition coefficient (Wildman–Crippen LogP) is 2.88. The molecule has 0 saturated heterocycles. The van der Waals surface area contributed by atoms with Crippen LogP contribution >= 0.6 is 23.4 Å². The molecular formula is C10H11Cl2NO. The lowest BCUT2D eigenvalue weighted by molar-refractivity contribution is -0.124. The molecule has 0 saturated carbocycles. The summed E-state index contributed by atoms with van der Waals surface area (Å²) in [6.45, 7) is 1.90. The van der Waals surface area contributed by atoms with Crippen LogP contribution in [0.25, 0.3) is 0 Å². The molecule has 0 aliphatic carbocycles. The van der Waals surface area contributed by atoms with Crippen LogP contribution in [0.5, 0.6) is 0 Å². The molecule has 0 aromatic heterocycles. The zero-order valence-electron chi connectivity index (χ0n) is 7.84. The quantitative estimate of drug-likeness (QED) is 0.733. The van der Waals surface area contributed by atoms with E-state index in [1.807, 2.05) is 24.3 Å². The Morgan fingerprint density at radius 1 is 1.43 bits per heavy atom. The number of carbonyl (C=O) groups excluding carboxylic acids is 1. The summed E-state index contributed by atoms with van der Waals surface area (Å²) in [5.41, 5.74) is 1.00. The van der Waals surface area contributed by atoms with Gasteiger partial charge in [-0.25, -0.2) is 0 Å². The van der Waals surface area contributed by atoms with E-state index < -0.39 is 0 Å². The molecule has 0 aliphatic rings. The van der Waals surface area contributed by atoms with Crippen LogP contribution in [0.3, 0.4) is 0 Å². The van der Waals surface area contributed by atoms with Crippen molar-refractivity contribution in [3.63, 3.8) is 0 Å². The van der Waals surface area contributed by atoms with Gasteiger partial charge in [-0.1, -0.05) is 29.8 Å². The van der Waals surface area contributed by atoms with Gasteiger partial charge in [0, 0.05) is 30.3 Å². The molecule has 0 spiro atoms. The number of carbonyl (C=O) groups is 1. The lowest BCUT2D eigenvalue weighted by Gasteiger charge is -2.11. The zero-order valence-corrected chi connectivity index (χ0v) is 9.35. The summed E-state index contributed by atoms with van der Waals surface area (Å²) < 4.78 is 1.16. The molecule has 0 bridgehead atoms. The van der Waals surface area contributed by atoms with Crippen molar-refractivity contribution in [1.29, 1.82) is 0 Å². The first-order chi connectivity index (χ1) is 6.61. The lowest BCUT2D eigenvalue weighted by Crippen LogP contribution is -2.20. The molecule has 4 heteroatoms. The number of amides is 1. The summed E-state index contributed by atoms with van der Waals surface area (Å²) in [7, 11) is 0. The number of hydrogen-bond acceptors (Lipinski definition) is 1. The second kappa shape index (κ2) is 5.23. The van der Waals surface area contributed by atoms with Crippen LogP contribution in [0.4, 0.5) is 0 Å². The molecule has 0 unspecified atom stereocenters. The summed E-state index contributed by atoms with van der Waals surface area (Å²) in [6.07, 6.45) is 0.669. The standard InChI is InChI=1S/C10H11Cl2NO/c1-8(14)13(12)7-6-9-4-2-3-5-10(9)11/h2-5H,6-7H2,1H3. The minimum Gasteiger partial charge on any atom is -0.274 e. The first-order valence-corrected chi connectivity index (χ1v) is 5.00. The highest BCUT2D eigenvalue weighted by Crippen LogP contribution is 2.15. The smallest absolute Gasteiger partial charge is 0.233 e. The molecule has 0 aliphatic heterocycles. The van der Waals surface area contributed by atoms with Crippen molar-refractivity contribution in [3.05, 3.63) is 34.9 Å². The molecule has 1 rings (SSSR count). The third-order valence-electron chi connectivity index (χ3n) is 1.88. The summed E-state index contributed by atoms with van der Waals surface area (Å²) >= 11 is 11.6. The molecule has 0 atom stereocenters. The van der Waals surface area contributed by atoms with E-state index in [2.05, 4.69) is 0 Å². The Labute approximate surface area is 93.5 Å². The highest BCUT2D eigenvalue weighted by Gasteiger charge is 2.06. The SMILES string of the molecule is CC(=O)N(Cl)CCc1ccccc1Cl. The third-order valence-corrected chi connectivity index (χ3v) is 2.65. The largest absolute Gasteiger partial charge is 0.274 e. The number of hydrogen-bond donors (Lipinski definition) is 0. The van der Waals surface area contributed by atoms with Gasteiger partial charge in [0.25, 0.3) is 0 Å². The topological polar surface area (TPSA) is 20.3 Å². The average molecular weight is 232 g/mol. The van der Waals surface area contributed by atoms with Gasteiger partial charge < -0.3 is 0 Å². The molecule has 76 valence electrons. The summed E-state index contributed by atoms with van der Waals surface area (Å²) in [5, 5.41) is 0.709. The van der Waals surface area contributed by atoms with Crippen LogP contribution in [0.2, 0.25) is 5.02 Å². The van der Waals surface area contributed by atoms with E-state index in [-0.39, 0.29) is 5.91 Å². The molecule has 0 N–H and O–H groups in total. The Hall–Kier alpha value is -0.730. The number of rotatable bonds is 3. The predicted molar refractivity (Wildman–Crippen MR) is 58.4 cm³/mol. The molecule has 0 fully saturated rings. The van der Waals surface area contributed by atoms with Crippen molar-refractivity contribution >= 4 is 29.3 Å². The van der Waals surface area contributed by atoms with Gasteiger partial charge >= 0.3 is 0 Å². The molecule has 14 heavy (non-hydrogen) atoms. The van der Waals surface area contributed by atoms with Crippen molar-refractivity contribution < 1.29 is 4.79 Å². The van der Waals surface area contributed by atoms with Crippen molar-refractivity contribution in [1.82, 2.24) is 4.42 Å².